The lowest BCUT2D eigenvalue weighted by atomic mass is 9.62. The molecule has 1 aromatic rings. The summed E-state index contributed by atoms with van der Waals surface area (Å²) in [6.07, 6.45) is 6.32. The second-order valence-electron chi connectivity index (χ2n) is 8.08. The number of allylic oxidation sites excluding steroid dienone is 2. The molecule has 0 fully saturated rings. The van der Waals surface area contributed by atoms with Gasteiger partial charge < -0.3 is 9.47 Å². The van der Waals surface area contributed by atoms with Crippen LogP contribution in [0.3, 0.4) is 0 Å². The summed E-state index contributed by atoms with van der Waals surface area (Å²) in [5.41, 5.74) is 7.37. The number of fused-ring (bicyclic) bond motifs is 2. The second-order valence-corrected chi connectivity index (χ2v) is 8.08. The van der Waals surface area contributed by atoms with Crippen molar-refractivity contribution in [3.8, 4) is 11.5 Å². The molecule has 2 aliphatic carbocycles. The summed E-state index contributed by atoms with van der Waals surface area (Å²) in [4.78, 5) is 0. The topological polar surface area (TPSA) is 18.5 Å². The fraction of sp³-hybridized carbons (Fsp3) is 0.619. The molecule has 4 atom stereocenters. The van der Waals surface area contributed by atoms with Gasteiger partial charge in [-0.05, 0) is 74.5 Å². The maximum Gasteiger partial charge on any atom is 0.231 e. The van der Waals surface area contributed by atoms with Crippen molar-refractivity contribution in [3.05, 3.63) is 33.9 Å². The summed E-state index contributed by atoms with van der Waals surface area (Å²) in [7, 11) is 0. The van der Waals surface area contributed by atoms with Crippen LogP contribution in [0.25, 0.3) is 0 Å². The van der Waals surface area contributed by atoms with Crippen LogP contribution in [0.5, 0.6) is 11.5 Å². The predicted molar refractivity (Wildman–Crippen MR) is 93.6 cm³/mol. The van der Waals surface area contributed by atoms with Crippen molar-refractivity contribution >= 4 is 0 Å². The first kappa shape index (κ1) is 15.1. The van der Waals surface area contributed by atoms with Gasteiger partial charge in [0.15, 0.2) is 11.5 Å². The molecule has 0 saturated carbocycles. The molecule has 1 aliphatic heterocycles. The van der Waals surface area contributed by atoms with Crippen molar-refractivity contribution in [2.45, 2.75) is 71.6 Å². The van der Waals surface area contributed by atoms with E-state index < -0.39 is 0 Å². The molecule has 23 heavy (non-hydrogen) atoms. The molecule has 4 rings (SSSR count). The summed E-state index contributed by atoms with van der Waals surface area (Å²) in [5, 5.41) is 0. The third kappa shape index (κ3) is 2.14. The number of hydrogen-bond donors (Lipinski definition) is 0. The Balaban J connectivity index is 2.03. The van der Waals surface area contributed by atoms with E-state index in [1.54, 1.807) is 11.1 Å². The van der Waals surface area contributed by atoms with Crippen LogP contribution >= 0.6 is 0 Å². The fourth-order valence-corrected chi connectivity index (χ4v) is 5.24. The molecule has 2 heteroatoms. The molecule has 0 saturated heterocycles. The van der Waals surface area contributed by atoms with E-state index in [2.05, 4.69) is 40.7 Å². The number of benzene rings is 1. The lowest BCUT2D eigenvalue weighted by Crippen LogP contribution is -2.28. The van der Waals surface area contributed by atoms with Gasteiger partial charge in [0.2, 0.25) is 6.79 Å². The summed E-state index contributed by atoms with van der Waals surface area (Å²) >= 11 is 0. The van der Waals surface area contributed by atoms with Crippen molar-refractivity contribution in [1.82, 2.24) is 0 Å². The van der Waals surface area contributed by atoms with E-state index in [-0.39, 0.29) is 0 Å². The Morgan fingerprint density at radius 1 is 1.00 bits per heavy atom. The Hall–Kier alpha value is -1.44. The molecule has 3 aliphatic rings. The standard InChI is InChI=1S/C21H28O2/c1-11(2)8-15-9-13(4)16-7-6-12(3)17-19(16)18(15)14(5)20-21(17)23-10-22-20/h8,12-13,15-16H,6-7,9-10H2,1-5H3/t12-,13+,15+,16-/m1/s1. The molecule has 0 unspecified atom stereocenters. The highest BCUT2D eigenvalue weighted by atomic mass is 16.7. The van der Waals surface area contributed by atoms with Crippen LogP contribution in [0.15, 0.2) is 11.6 Å². The third-order valence-corrected chi connectivity index (χ3v) is 6.17. The van der Waals surface area contributed by atoms with Gasteiger partial charge in [0.05, 0.1) is 0 Å². The van der Waals surface area contributed by atoms with E-state index in [0.29, 0.717) is 24.5 Å². The van der Waals surface area contributed by atoms with Crippen molar-refractivity contribution in [2.75, 3.05) is 6.79 Å². The minimum Gasteiger partial charge on any atom is -0.453 e. The number of hydrogen-bond acceptors (Lipinski definition) is 2. The quantitative estimate of drug-likeness (QED) is 0.611. The second kappa shape index (κ2) is 5.29. The number of ether oxygens (including phenoxy) is 2. The first-order chi connectivity index (χ1) is 11.0. The van der Waals surface area contributed by atoms with Gasteiger partial charge in [0, 0.05) is 11.5 Å². The Bertz CT molecular complexity index is 682. The SMILES string of the molecule is CC(C)=C[C@H]1C[C@H](C)[C@H]2CC[C@@H](C)c3c4c(c(C)c1c32)OCO4. The van der Waals surface area contributed by atoms with Crippen LogP contribution in [0.1, 0.15) is 87.0 Å². The molecule has 0 aromatic heterocycles. The Labute approximate surface area is 139 Å². The molecule has 2 nitrogen and oxygen atoms in total. The van der Waals surface area contributed by atoms with E-state index in [0.717, 1.165) is 17.4 Å². The summed E-state index contributed by atoms with van der Waals surface area (Å²) in [6, 6.07) is 0. The van der Waals surface area contributed by atoms with E-state index in [4.69, 9.17) is 9.47 Å². The van der Waals surface area contributed by atoms with Crippen molar-refractivity contribution in [3.63, 3.8) is 0 Å². The Morgan fingerprint density at radius 2 is 1.74 bits per heavy atom. The van der Waals surface area contributed by atoms with Gasteiger partial charge in [-0.3, -0.25) is 0 Å². The van der Waals surface area contributed by atoms with E-state index >= 15 is 0 Å². The molecule has 124 valence electrons. The van der Waals surface area contributed by atoms with Crippen molar-refractivity contribution < 1.29 is 9.47 Å². The van der Waals surface area contributed by atoms with Crippen LogP contribution < -0.4 is 9.47 Å². The zero-order chi connectivity index (χ0) is 16.3. The lowest BCUT2D eigenvalue weighted by Gasteiger charge is -2.43. The van der Waals surface area contributed by atoms with Gasteiger partial charge >= 0.3 is 0 Å². The van der Waals surface area contributed by atoms with E-state index in [1.807, 2.05) is 0 Å². The molecule has 0 bridgehead atoms. The van der Waals surface area contributed by atoms with Gasteiger partial charge in [-0.1, -0.05) is 25.5 Å². The first-order valence-electron chi connectivity index (χ1n) is 9.09. The molecule has 0 amide bonds. The monoisotopic (exact) mass is 312 g/mol. The molecule has 0 N–H and O–H groups in total. The Morgan fingerprint density at radius 3 is 2.48 bits per heavy atom. The number of rotatable bonds is 1. The van der Waals surface area contributed by atoms with Crippen LogP contribution in [0, 0.1) is 12.8 Å². The Kier molecular flexibility index (Phi) is 3.48. The summed E-state index contributed by atoms with van der Waals surface area (Å²) in [5.74, 6) is 4.63. The molecule has 0 spiro atoms. The van der Waals surface area contributed by atoms with Crippen molar-refractivity contribution in [2.24, 2.45) is 5.92 Å². The molecular formula is C21H28O2. The summed E-state index contributed by atoms with van der Waals surface area (Å²) < 4.78 is 11.8. The molecular weight excluding hydrogens is 284 g/mol. The highest BCUT2D eigenvalue weighted by molar-refractivity contribution is 5.65. The van der Waals surface area contributed by atoms with E-state index in [1.165, 1.54) is 36.0 Å². The normalized spacial score (nSPS) is 30.8. The van der Waals surface area contributed by atoms with Crippen LogP contribution in [-0.2, 0) is 0 Å². The minimum atomic E-state index is 0.381. The van der Waals surface area contributed by atoms with Gasteiger partial charge in [-0.15, -0.1) is 0 Å². The largest absolute Gasteiger partial charge is 0.453 e. The predicted octanol–water partition coefficient (Wildman–Crippen LogP) is 5.79. The highest BCUT2D eigenvalue weighted by Gasteiger charge is 2.42. The average molecular weight is 312 g/mol. The van der Waals surface area contributed by atoms with Crippen LogP contribution in [-0.4, -0.2) is 6.79 Å². The maximum absolute atomic E-state index is 5.93. The summed E-state index contributed by atoms with van der Waals surface area (Å²) in [6.45, 7) is 11.9. The third-order valence-electron chi connectivity index (χ3n) is 6.17. The zero-order valence-electron chi connectivity index (χ0n) is 15.0. The highest BCUT2D eigenvalue weighted by Crippen LogP contribution is 2.59. The van der Waals surface area contributed by atoms with Crippen LogP contribution in [0.4, 0.5) is 0 Å². The smallest absolute Gasteiger partial charge is 0.231 e. The molecule has 1 aromatic carbocycles. The first-order valence-corrected chi connectivity index (χ1v) is 9.09. The van der Waals surface area contributed by atoms with Gasteiger partial charge in [0.1, 0.15) is 0 Å². The average Bonchev–Trinajstić information content (AvgIpc) is 2.95. The lowest BCUT2D eigenvalue weighted by molar-refractivity contribution is 0.172. The molecule has 1 heterocycles. The van der Waals surface area contributed by atoms with E-state index in [9.17, 15) is 0 Å². The van der Waals surface area contributed by atoms with Crippen LogP contribution in [0.2, 0.25) is 0 Å². The fourth-order valence-electron chi connectivity index (χ4n) is 5.24. The molecule has 0 radical (unpaired) electrons. The van der Waals surface area contributed by atoms with Gasteiger partial charge in [-0.25, -0.2) is 0 Å². The maximum atomic E-state index is 5.93. The van der Waals surface area contributed by atoms with Gasteiger partial charge in [0.25, 0.3) is 0 Å². The minimum absolute atomic E-state index is 0.381. The zero-order valence-corrected chi connectivity index (χ0v) is 15.0. The van der Waals surface area contributed by atoms with Gasteiger partial charge in [-0.2, -0.15) is 0 Å². The van der Waals surface area contributed by atoms with Crippen molar-refractivity contribution in [1.29, 1.82) is 0 Å².